The fraction of sp³-hybridized carbons (Fsp3) is 0.308. The molecule has 0 spiro atoms. The normalized spacial score (nSPS) is 15.1. The van der Waals surface area contributed by atoms with E-state index in [4.69, 9.17) is 16.3 Å². The first-order valence-electron chi connectivity index (χ1n) is 11.9. The van der Waals surface area contributed by atoms with Gasteiger partial charge >= 0.3 is 0 Å². The van der Waals surface area contributed by atoms with Crippen molar-refractivity contribution in [1.82, 2.24) is 25.1 Å². The maximum Gasteiger partial charge on any atom is 0.252 e. The first kappa shape index (κ1) is 24.1. The number of carbonyl (C=O) groups excluding carboxylic acids is 1. The Bertz CT molecular complexity index is 1390. The zero-order chi connectivity index (χ0) is 25.1. The molecule has 2 aromatic carbocycles. The quantitative estimate of drug-likeness (QED) is 0.374. The molecular weight excluding hydrogens is 483 g/mol. The van der Waals surface area contributed by atoms with Gasteiger partial charge in [0.25, 0.3) is 5.91 Å². The fourth-order valence-corrected chi connectivity index (χ4v) is 4.32. The molecule has 2 N–H and O–H groups in total. The van der Waals surface area contributed by atoms with Crippen molar-refractivity contribution in [3.05, 3.63) is 82.5 Å². The fourth-order valence-electron chi connectivity index (χ4n) is 4.20. The Morgan fingerprint density at radius 3 is 2.81 bits per heavy atom. The largest absolute Gasteiger partial charge is 0.381 e. The number of anilines is 1. The molecular formula is C26H26ClFN6O2. The lowest BCUT2D eigenvalue weighted by molar-refractivity contribution is 0.0903. The Balaban J connectivity index is 1.41. The summed E-state index contributed by atoms with van der Waals surface area (Å²) in [5.74, 6) is -0.372. The van der Waals surface area contributed by atoms with Crippen molar-refractivity contribution in [2.75, 3.05) is 18.5 Å². The van der Waals surface area contributed by atoms with Crippen LogP contribution in [0.1, 0.15) is 47.4 Å². The molecule has 1 aliphatic rings. The second-order valence-corrected chi connectivity index (χ2v) is 9.08. The zero-order valence-corrected chi connectivity index (χ0v) is 20.5. The number of nitrogens with zero attached hydrogens (tertiary/aromatic N) is 4. The lowest BCUT2D eigenvalue weighted by Crippen LogP contribution is -2.30. The van der Waals surface area contributed by atoms with Crippen LogP contribution in [0.3, 0.4) is 0 Å². The highest BCUT2D eigenvalue weighted by Crippen LogP contribution is 2.26. The van der Waals surface area contributed by atoms with Crippen LogP contribution in [-0.2, 0) is 11.3 Å². The van der Waals surface area contributed by atoms with Gasteiger partial charge in [-0.05, 0) is 55.7 Å². The summed E-state index contributed by atoms with van der Waals surface area (Å²) in [6, 6.07) is 11.1. The summed E-state index contributed by atoms with van der Waals surface area (Å²) < 4.78 is 21.4. The predicted molar refractivity (Wildman–Crippen MR) is 136 cm³/mol. The number of halogens is 2. The third-order valence-corrected chi connectivity index (χ3v) is 6.54. The van der Waals surface area contributed by atoms with E-state index in [0.717, 1.165) is 18.2 Å². The third kappa shape index (κ3) is 5.32. The van der Waals surface area contributed by atoms with Crippen LogP contribution in [0.5, 0.6) is 0 Å². The van der Waals surface area contributed by atoms with Crippen LogP contribution in [0, 0.1) is 5.82 Å². The number of carbonyl (C=O) groups is 1. The minimum Gasteiger partial charge on any atom is -0.381 e. The summed E-state index contributed by atoms with van der Waals surface area (Å²) in [6.07, 6.45) is 5.34. The van der Waals surface area contributed by atoms with Crippen molar-refractivity contribution >= 4 is 34.4 Å². The summed E-state index contributed by atoms with van der Waals surface area (Å²) in [5, 5.41) is 11.7. The molecule has 2 aromatic heterocycles. The monoisotopic (exact) mass is 508 g/mol. The van der Waals surface area contributed by atoms with Crippen molar-refractivity contribution in [3.63, 3.8) is 0 Å². The molecule has 1 saturated heterocycles. The molecule has 0 radical (unpaired) electrons. The Kier molecular flexibility index (Phi) is 7.11. The average Bonchev–Trinajstić information content (AvgIpc) is 3.38. The Morgan fingerprint density at radius 1 is 1.22 bits per heavy atom. The Morgan fingerprint density at radius 2 is 2.06 bits per heavy atom. The van der Waals surface area contributed by atoms with E-state index in [1.165, 1.54) is 12.1 Å². The van der Waals surface area contributed by atoms with Gasteiger partial charge in [-0.15, -0.1) is 0 Å². The van der Waals surface area contributed by atoms with E-state index in [1.807, 2.05) is 25.3 Å². The topological polar surface area (TPSA) is 94.0 Å². The number of hydrogen-bond donors (Lipinski definition) is 2. The number of benzene rings is 2. The molecule has 0 bridgehead atoms. The first-order valence-corrected chi connectivity index (χ1v) is 12.3. The molecule has 8 nitrogen and oxygen atoms in total. The maximum absolute atomic E-state index is 14.3. The van der Waals surface area contributed by atoms with Gasteiger partial charge in [-0.3, -0.25) is 9.48 Å². The number of amides is 1. The minimum absolute atomic E-state index is 0.0160. The van der Waals surface area contributed by atoms with Crippen LogP contribution >= 0.6 is 11.6 Å². The van der Waals surface area contributed by atoms with Gasteiger partial charge in [-0.2, -0.15) is 5.10 Å². The highest BCUT2D eigenvalue weighted by molar-refractivity contribution is 6.30. The SMILES string of the molecule is CCn1ccc([C@H](NC(=O)c2ccc3cnc(NC4CCOCC4)nc3c2)c2ccc(Cl)c(F)c2)n1. The molecule has 4 aromatic rings. The first-order chi connectivity index (χ1) is 17.5. The minimum atomic E-state index is -0.663. The average molecular weight is 509 g/mol. The van der Waals surface area contributed by atoms with Gasteiger partial charge in [0, 0.05) is 49.1 Å². The molecule has 0 saturated carbocycles. The van der Waals surface area contributed by atoms with Gasteiger partial charge in [0.1, 0.15) is 5.82 Å². The van der Waals surface area contributed by atoms with Crippen molar-refractivity contribution < 1.29 is 13.9 Å². The van der Waals surface area contributed by atoms with E-state index >= 15 is 0 Å². The highest BCUT2D eigenvalue weighted by atomic mass is 35.5. The van der Waals surface area contributed by atoms with E-state index < -0.39 is 11.9 Å². The molecule has 0 aliphatic carbocycles. The van der Waals surface area contributed by atoms with Gasteiger partial charge in [-0.1, -0.05) is 23.7 Å². The van der Waals surface area contributed by atoms with Crippen molar-refractivity contribution in [3.8, 4) is 0 Å². The smallest absolute Gasteiger partial charge is 0.252 e. The molecule has 5 rings (SSSR count). The molecule has 186 valence electrons. The van der Waals surface area contributed by atoms with E-state index in [2.05, 4.69) is 25.7 Å². The van der Waals surface area contributed by atoms with Gasteiger partial charge < -0.3 is 15.4 Å². The third-order valence-electron chi connectivity index (χ3n) is 6.23. The number of aryl methyl sites for hydroxylation is 1. The predicted octanol–water partition coefficient (Wildman–Crippen LogP) is 4.75. The number of rotatable bonds is 7. The lowest BCUT2D eigenvalue weighted by Gasteiger charge is -2.23. The lowest BCUT2D eigenvalue weighted by atomic mass is 10.0. The summed E-state index contributed by atoms with van der Waals surface area (Å²) in [7, 11) is 0. The number of fused-ring (bicyclic) bond motifs is 1. The molecule has 3 heterocycles. The molecule has 1 fully saturated rings. The molecule has 0 unspecified atom stereocenters. The second kappa shape index (κ2) is 10.6. The molecule has 1 atom stereocenters. The summed E-state index contributed by atoms with van der Waals surface area (Å²) >= 11 is 5.88. The van der Waals surface area contributed by atoms with Gasteiger partial charge in [0.15, 0.2) is 0 Å². The van der Waals surface area contributed by atoms with Crippen LogP contribution in [0.15, 0.2) is 54.9 Å². The second-order valence-electron chi connectivity index (χ2n) is 8.67. The Labute approximate surface area is 212 Å². The van der Waals surface area contributed by atoms with Crippen LogP contribution in [0.2, 0.25) is 5.02 Å². The molecule has 36 heavy (non-hydrogen) atoms. The molecule has 10 heteroatoms. The van der Waals surface area contributed by atoms with Crippen LogP contribution < -0.4 is 10.6 Å². The number of ether oxygens (including phenoxy) is 1. The summed E-state index contributed by atoms with van der Waals surface area (Å²) in [5.41, 5.74) is 2.21. The number of nitrogens with one attached hydrogen (secondary N) is 2. The summed E-state index contributed by atoms with van der Waals surface area (Å²) in [6.45, 7) is 4.06. The van der Waals surface area contributed by atoms with E-state index in [9.17, 15) is 9.18 Å². The van der Waals surface area contributed by atoms with Crippen LogP contribution in [0.25, 0.3) is 10.9 Å². The highest BCUT2D eigenvalue weighted by Gasteiger charge is 2.22. The number of aromatic nitrogens is 4. The zero-order valence-electron chi connectivity index (χ0n) is 19.7. The van der Waals surface area contributed by atoms with Crippen LogP contribution in [-0.4, -0.2) is 44.9 Å². The van der Waals surface area contributed by atoms with Crippen molar-refractivity contribution in [2.45, 2.75) is 38.4 Å². The number of hydrogen-bond acceptors (Lipinski definition) is 6. The van der Waals surface area contributed by atoms with Crippen molar-refractivity contribution in [2.24, 2.45) is 0 Å². The van der Waals surface area contributed by atoms with Crippen LogP contribution in [0.4, 0.5) is 10.3 Å². The van der Waals surface area contributed by atoms with Gasteiger partial charge in [-0.25, -0.2) is 14.4 Å². The summed E-state index contributed by atoms with van der Waals surface area (Å²) in [4.78, 5) is 22.4. The molecule has 1 amide bonds. The van der Waals surface area contributed by atoms with E-state index in [0.29, 0.717) is 48.0 Å². The van der Waals surface area contributed by atoms with E-state index in [-0.39, 0.29) is 17.0 Å². The van der Waals surface area contributed by atoms with Crippen molar-refractivity contribution in [1.29, 1.82) is 0 Å². The molecule has 1 aliphatic heterocycles. The standard InChI is InChI=1S/C26H26ClFN6O2/c1-2-34-10-7-22(33-34)24(16-5-6-20(27)21(28)13-16)32-25(35)17-3-4-18-15-29-26(31-23(18)14-17)30-19-8-11-36-12-9-19/h3-7,10,13-15,19,24H,2,8-9,11-12H2,1H3,(H,32,35)(H,29,30,31)/t24-/m1/s1. The van der Waals surface area contributed by atoms with Gasteiger partial charge in [0.05, 0.1) is 22.3 Å². The Hall–Kier alpha value is -3.56. The van der Waals surface area contributed by atoms with Gasteiger partial charge in [0.2, 0.25) is 5.95 Å². The van der Waals surface area contributed by atoms with E-state index in [1.54, 1.807) is 29.1 Å². The maximum atomic E-state index is 14.3.